The number of ether oxygens (including phenoxy) is 1. The van der Waals surface area contributed by atoms with Crippen LogP contribution in [0.3, 0.4) is 0 Å². The van der Waals surface area contributed by atoms with E-state index in [-0.39, 0.29) is 17.9 Å². The van der Waals surface area contributed by atoms with Gasteiger partial charge in [0.2, 0.25) is 0 Å². The normalized spacial score (nSPS) is 17.0. The second kappa shape index (κ2) is 9.04. The molecule has 1 fully saturated rings. The molecule has 6 heteroatoms. The number of nitrogens with one attached hydrogen (secondary N) is 1. The van der Waals surface area contributed by atoms with Gasteiger partial charge < -0.3 is 15.0 Å². The third-order valence-electron chi connectivity index (χ3n) is 4.56. The largest absolute Gasteiger partial charge is 0.493 e. The van der Waals surface area contributed by atoms with Crippen molar-refractivity contribution in [3.05, 3.63) is 52.2 Å². The van der Waals surface area contributed by atoms with Gasteiger partial charge in [-0.2, -0.15) is 0 Å². The summed E-state index contributed by atoms with van der Waals surface area (Å²) in [4.78, 5) is 27.2. The molecule has 1 saturated heterocycles. The molecule has 1 aromatic carbocycles. The Morgan fingerprint density at radius 3 is 2.70 bits per heavy atom. The zero-order chi connectivity index (χ0) is 19.2. The van der Waals surface area contributed by atoms with Crippen LogP contribution in [-0.4, -0.2) is 42.5 Å². The zero-order valence-corrected chi connectivity index (χ0v) is 16.6. The summed E-state index contributed by atoms with van der Waals surface area (Å²) in [6.07, 6.45) is 2.06. The van der Waals surface area contributed by atoms with Gasteiger partial charge in [-0.05, 0) is 62.4 Å². The summed E-state index contributed by atoms with van der Waals surface area (Å²) in [5.41, 5.74) is 0.626. The second-order valence-electron chi connectivity index (χ2n) is 7.20. The van der Waals surface area contributed by atoms with Gasteiger partial charge in [0.05, 0.1) is 11.5 Å². The van der Waals surface area contributed by atoms with Gasteiger partial charge in [-0.3, -0.25) is 9.59 Å². The van der Waals surface area contributed by atoms with Crippen LogP contribution in [0.4, 0.5) is 0 Å². The molecule has 2 amide bonds. The van der Waals surface area contributed by atoms with Crippen molar-refractivity contribution < 1.29 is 14.3 Å². The SMILES string of the molecule is CC(C)NC(=O)c1ccc(OC[C@@H]2CCCN(C(=O)c3cccs3)C2)cc1. The van der Waals surface area contributed by atoms with Gasteiger partial charge in [0, 0.05) is 30.6 Å². The van der Waals surface area contributed by atoms with Crippen molar-refractivity contribution in [3.63, 3.8) is 0 Å². The van der Waals surface area contributed by atoms with E-state index in [4.69, 9.17) is 4.74 Å². The molecule has 1 N–H and O–H groups in total. The van der Waals surface area contributed by atoms with Crippen molar-refractivity contribution in [2.45, 2.75) is 32.7 Å². The molecule has 27 heavy (non-hydrogen) atoms. The monoisotopic (exact) mass is 386 g/mol. The smallest absolute Gasteiger partial charge is 0.263 e. The Labute approximate surface area is 164 Å². The molecular weight excluding hydrogens is 360 g/mol. The van der Waals surface area contributed by atoms with E-state index in [1.165, 1.54) is 11.3 Å². The Morgan fingerprint density at radius 1 is 1.26 bits per heavy atom. The lowest BCUT2D eigenvalue weighted by molar-refractivity contribution is 0.0638. The number of likely N-dealkylation sites (tertiary alicyclic amines) is 1. The summed E-state index contributed by atoms with van der Waals surface area (Å²) in [6, 6.07) is 11.1. The summed E-state index contributed by atoms with van der Waals surface area (Å²) < 4.78 is 5.91. The number of carbonyl (C=O) groups excluding carboxylic acids is 2. The van der Waals surface area contributed by atoms with E-state index in [0.29, 0.717) is 18.1 Å². The van der Waals surface area contributed by atoms with Gasteiger partial charge in [0.1, 0.15) is 5.75 Å². The number of benzene rings is 1. The van der Waals surface area contributed by atoms with E-state index >= 15 is 0 Å². The first-order valence-electron chi connectivity index (χ1n) is 9.39. The molecule has 0 saturated carbocycles. The number of carbonyl (C=O) groups is 2. The fraction of sp³-hybridized carbons (Fsp3) is 0.429. The molecule has 2 heterocycles. The molecular formula is C21H26N2O3S. The quantitative estimate of drug-likeness (QED) is 0.821. The van der Waals surface area contributed by atoms with Gasteiger partial charge in [-0.25, -0.2) is 0 Å². The third kappa shape index (κ3) is 5.32. The van der Waals surface area contributed by atoms with Crippen LogP contribution >= 0.6 is 11.3 Å². The van der Waals surface area contributed by atoms with Gasteiger partial charge in [0.15, 0.2) is 0 Å². The molecule has 3 rings (SSSR count). The topological polar surface area (TPSA) is 58.6 Å². The maximum Gasteiger partial charge on any atom is 0.263 e. The summed E-state index contributed by atoms with van der Waals surface area (Å²) >= 11 is 1.49. The number of thiophene rings is 1. The van der Waals surface area contributed by atoms with Crippen molar-refractivity contribution >= 4 is 23.2 Å². The summed E-state index contributed by atoms with van der Waals surface area (Å²) in [5.74, 6) is 1.12. The highest BCUT2D eigenvalue weighted by molar-refractivity contribution is 7.12. The van der Waals surface area contributed by atoms with Crippen molar-refractivity contribution in [2.75, 3.05) is 19.7 Å². The molecule has 5 nitrogen and oxygen atoms in total. The van der Waals surface area contributed by atoms with Gasteiger partial charge in [-0.1, -0.05) is 6.07 Å². The number of nitrogens with zero attached hydrogens (tertiary/aromatic N) is 1. The molecule has 1 aromatic heterocycles. The maximum absolute atomic E-state index is 12.5. The molecule has 144 valence electrons. The first-order chi connectivity index (χ1) is 13.0. The van der Waals surface area contributed by atoms with E-state index in [0.717, 1.165) is 36.6 Å². The number of piperidine rings is 1. The van der Waals surface area contributed by atoms with E-state index in [9.17, 15) is 9.59 Å². The number of hydrogen-bond acceptors (Lipinski definition) is 4. The van der Waals surface area contributed by atoms with Crippen molar-refractivity contribution in [1.29, 1.82) is 0 Å². The van der Waals surface area contributed by atoms with Crippen LogP contribution in [0.5, 0.6) is 5.75 Å². The average Bonchev–Trinajstić information content (AvgIpc) is 3.20. The third-order valence-corrected chi connectivity index (χ3v) is 5.42. The molecule has 2 aromatic rings. The standard InChI is InChI=1S/C21H26N2O3S/c1-15(2)22-20(24)17-7-9-18(10-8-17)26-14-16-5-3-11-23(13-16)21(25)19-6-4-12-27-19/h4,6-10,12,15-16H,3,5,11,13-14H2,1-2H3,(H,22,24)/t16-/m1/s1. The first-order valence-corrected chi connectivity index (χ1v) is 10.3. The Morgan fingerprint density at radius 2 is 2.04 bits per heavy atom. The molecule has 1 aliphatic rings. The molecule has 0 aliphatic carbocycles. The van der Waals surface area contributed by atoms with Crippen LogP contribution in [0, 0.1) is 5.92 Å². The van der Waals surface area contributed by atoms with Crippen LogP contribution in [0.2, 0.25) is 0 Å². The van der Waals surface area contributed by atoms with Crippen molar-refractivity contribution in [2.24, 2.45) is 5.92 Å². The minimum Gasteiger partial charge on any atom is -0.493 e. The van der Waals surface area contributed by atoms with Gasteiger partial charge in [-0.15, -0.1) is 11.3 Å². The summed E-state index contributed by atoms with van der Waals surface area (Å²) in [6.45, 7) is 5.99. The lowest BCUT2D eigenvalue weighted by Gasteiger charge is -2.32. The van der Waals surface area contributed by atoms with Crippen molar-refractivity contribution in [1.82, 2.24) is 10.2 Å². The summed E-state index contributed by atoms with van der Waals surface area (Å²) in [7, 11) is 0. The van der Waals surface area contributed by atoms with Crippen molar-refractivity contribution in [3.8, 4) is 5.75 Å². The van der Waals surface area contributed by atoms with Gasteiger partial charge >= 0.3 is 0 Å². The van der Waals surface area contributed by atoms with E-state index in [1.807, 2.05) is 48.4 Å². The number of amides is 2. The molecule has 1 atom stereocenters. The highest BCUT2D eigenvalue weighted by Gasteiger charge is 2.25. The van der Waals surface area contributed by atoms with E-state index in [1.54, 1.807) is 12.1 Å². The average molecular weight is 387 g/mol. The molecule has 0 bridgehead atoms. The summed E-state index contributed by atoms with van der Waals surface area (Å²) in [5, 5.41) is 4.81. The maximum atomic E-state index is 12.5. The highest BCUT2D eigenvalue weighted by Crippen LogP contribution is 2.22. The minimum absolute atomic E-state index is 0.0773. The molecule has 0 unspecified atom stereocenters. The lowest BCUT2D eigenvalue weighted by Crippen LogP contribution is -2.41. The van der Waals surface area contributed by atoms with Crippen LogP contribution in [0.1, 0.15) is 46.7 Å². The Hall–Kier alpha value is -2.34. The molecule has 1 aliphatic heterocycles. The highest BCUT2D eigenvalue weighted by atomic mass is 32.1. The van der Waals surface area contributed by atoms with Crippen LogP contribution < -0.4 is 10.1 Å². The Bertz CT molecular complexity index is 756. The fourth-order valence-electron chi connectivity index (χ4n) is 3.20. The lowest BCUT2D eigenvalue weighted by atomic mass is 9.99. The van der Waals surface area contributed by atoms with Crippen LogP contribution in [-0.2, 0) is 0 Å². The van der Waals surface area contributed by atoms with E-state index < -0.39 is 0 Å². The Balaban J connectivity index is 1.51. The predicted octanol–water partition coefficient (Wildman–Crippen LogP) is 3.82. The minimum atomic E-state index is -0.0773. The predicted molar refractivity (Wildman–Crippen MR) is 107 cm³/mol. The van der Waals surface area contributed by atoms with E-state index in [2.05, 4.69) is 5.32 Å². The van der Waals surface area contributed by atoms with Crippen LogP contribution in [0.25, 0.3) is 0 Å². The molecule has 0 radical (unpaired) electrons. The first kappa shape index (κ1) is 19.4. The Kier molecular flexibility index (Phi) is 6.50. The van der Waals surface area contributed by atoms with Crippen LogP contribution in [0.15, 0.2) is 41.8 Å². The zero-order valence-electron chi connectivity index (χ0n) is 15.8. The number of hydrogen-bond donors (Lipinski definition) is 1. The second-order valence-corrected chi connectivity index (χ2v) is 8.15. The number of rotatable bonds is 6. The fourth-order valence-corrected chi connectivity index (χ4v) is 3.89. The van der Waals surface area contributed by atoms with Gasteiger partial charge in [0.25, 0.3) is 11.8 Å². The molecule has 0 spiro atoms.